The summed E-state index contributed by atoms with van der Waals surface area (Å²) in [4.78, 5) is 2.54. The van der Waals surface area contributed by atoms with Crippen LogP contribution in [0.15, 0.2) is 0 Å². The van der Waals surface area contributed by atoms with Gasteiger partial charge in [0.05, 0.1) is 0 Å². The summed E-state index contributed by atoms with van der Waals surface area (Å²) in [6.45, 7) is 2.36. The monoisotopic (exact) mass is 182 g/mol. The van der Waals surface area contributed by atoms with Gasteiger partial charge in [0.2, 0.25) is 0 Å². The summed E-state index contributed by atoms with van der Waals surface area (Å²) in [6, 6.07) is 1.86. The van der Waals surface area contributed by atoms with Gasteiger partial charge in [0.25, 0.3) is 0 Å². The average molecular weight is 182 g/mol. The summed E-state index contributed by atoms with van der Waals surface area (Å²) in [5.74, 6) is 0.970. The van der Waals surface area contributed by atoms with Gasteiger partial charge in [-0.15, -0.1) is 0 Å². The summed E-state index contributed by atoms with van der Waals surface area (Å²) in [7, 11) is 2.26. The van der Waals surface area contributed by atoms with Crippen LogP contribution in [0.25, 0.3) is 0 Å². The van der Waals surface area contributed by atoms with Gasteiger partial charge in [-0.2, -0.15) is 0 Å². The lowest BCUT2D eigenvalue weighted by atomic mass is 10.1. The second-order valence-corrected chi connectivity index (χ2v) is 4.91. The van der Waals surface area contributed by atoms with Crippen molar-refractivity contribution in [2.45, 2.75) is 57.2 Å². The van der Waals surface area contributed by atoms with Crippen LogP contribution in [0, 0.1) is 5.92 Å². The standard InChI is InChI=1S/C11H22N2/c1-8(9-6-7-9)13(2)11-5-3-4-10(11)12/h8-11H,3-7,12H2,1-2H3. The molecule has 0 aromatic carbocycles. The predicted octanol–water partition coefficient (Wildman–Crippen LogP) is 1.60. The summed E-state index contributed by atoms with van der Waals surface area (Å²) >= 11 is 0. The van der Waals surface area contributed by atoms with Gasteiger partial charge in [-0.3, -0.25) is 4.90 Å². The van der Waals surface area contributed by atoms with Crippen molar-refractivity contribution in [2.24, 2.45) is 11.7 Å². The number of nitrogens with two attached hydrogens (primary N) is 1. The SMILES string of the molecule is CC(C1CC1)N(C)C1CCCC1N. The molecule has 2 saturated carbocycles. The number of rotatable bonds is 3. The molecule has 0 aliphatic heterocycles. The third kappa shape index (κ3) is 1.89. The lowest BCUT2D eigenvalue weighted by Gasteiger charge is -2.33. The van der Waals surface area contributed by atoms with E-state index in [1.54, 1.807) is 0 Å². The van der Waals surface area contributed by atoms with Crippen LogP contribution in [0.2, 0.25) is 0 Å². The van der Waals surface area contributed by atoms with Gasteiger partial charge in [-0.05, 0) is 45.6 Å². The predicted molar refractivity (Wildman–Crippen MR) is 55.6 cm³/mol. The molecule has 0 heterocycles. The van der Waals surface area contributed by atoms with Crippen molar-refractivity contribution < 1.29 is 0 Å². The fourth-order valence-corrected chi connectivity index (χ4v) is 2.69. The first-order valence-corrected chi connectivity index (χ1v) is 5.67. The molecule has 0 saturated heterocycles. The van der Waals surface area contributed by atoms with E-state index in [1.807, 2.05) is 0 Å². The molecule has 0 bridgehead atoms. The van der Waals surface area contributed by atoms with Crippen molar-refractivity contribution in [2.75, 3.05) is 7.05 Å². The van der Waals surface area contributed by atoms with E-state index in [0.717, 1.165) is 12.0 Å². The highest BCUT2D eigenvalue weighted by atomic mass is 15.2. The van der Waals surface area contributed by atoms with Crippen molar-refractivity contribution >= 4 is 0 Å². The molecule has 2 heteroatoms. The van der Waals surface area contributed by atoms with E-state index in [9.17, 15) is 0 Å². The Bertz CT molecular complexity index is 177. The molecule has 3 atom stereocenters. The summed E-state index contributed by atoms with van der Waals surface area (Å²) in [6.07, 6.45) is 6.75. The Morgan fingerprint density at radius 3 is 2.38 bits per heavy atom. The molecule has 2 aliphatic carbocycles. The molecule has 2 fully saturated rings. The van der Waals surface area contributed by atoms with Crippen LogP contribution in [0.4, 0.5) is 0 Å². The van der Waals surface area contributed by atoms with Crippen LogP contribution in [0.1, 0.15) is 39.0 Å². The minimum Gasteiger partial charge on any atom is -0.326 e. The molecule has 0 aromatic heterocycles. The summed E-state index contributed by atoms with van der Waals surface area (Å²) < 4.78 is 0. The van der Waals surface area contributed by atoms with Crippen LogP contribution in [0.5, 0.6) is 0 Å². The quantitative estimate of drug-likeness (QED) is 0.718. The van der Waals surface area contributed by atoms with E-state index in [4.69, 9.17) is 5.73 Å². The number of nitrogens with zero attached hydrogens (tertiary/aromatic N) is 1. The molecule has 3 unspecified atom stereocenters. The molecule has 76 valence electrons. The van der Waals surface area contributed by atoms with Gasteiger partial charge in [-0.1, -0.05) is 6.42 Å². The van der Waals surface area contributed by atoms with E-state index in [0.29, 0.717) is 12.1 Å². The first-order chi connectivity index (χ1) is 6.20. The Hall–Kier alpha value is -0.0800. The molecule has 2 rings (SSSR count). The zero-order valence-corrected chi connectivity index (χ0v) is 8.87. The zero-order chi connectivity index (χ0) is 9.42. The molecule has 13 heavy (non-hydrogen) atoms. The van der Waals surface area contributed by atoms with Crippen molar-refractivity contribution in [3.05, 3.63) is 0 Å². The summed E-state index contributed by atoms with van der Waals surface area (Å²) in [5, 5.41) is 0. The molecular weight excluding hydrogens is 160 g/mol. The van der Waals surface area contributed by atoms with Gasteiger partial charge in [-0.25, -0.2) is 0 Å². The Morgan fingerprint density at radius 2 is 1.92 bits per heavy atom. The van der Waals surface area contributed by atoms with Crippen molar-refractivity contribution in [3.8, 4) is 0 Å². The van der Waals surface area contributed by atoms with Gasteiger partial charge < -0.3 is 5.73 Å². The maximum atomic E-state index is 6.10. The number of hydrogen-bond acceptors (Lipinski definition) is 2. The minimum absolute atomic E-state index is 0.436. The van der Waals surface area contributed by atoms with E-state index in [2.05, 4.69) is 18.9 Å². The zero-order valence-electron chi connectivity index (χ0n) is 8.87. The molecule has 0 spiro atoms. The Balaban J connectivity index is 1.90. The fourth-order valence-electron chi connectivity index (χ4n) is 2.69. The third-order valence-corrected chi connectivity index (χ3v) is 4.00. The number of hydrogen-bond donors (Lipinski definition) is 1. The van der Waals surface area contributed by atoms with Crippen molar-refractivity contribution in [1.29, 1.82) is 0 Å². The van der Waals surface area contributed by atoms with Gasteiger partial charge in [0, 0.05) is 18.1 Å². The van der Waals surface area contributed by atoms with Gasteiger partial charge >= 0.3 is 0 Å². The largest absolute Gasteiger partial charge is 0.326 e. The lowest BCUT2D eigenvalue weighted by Crippen LogP contribution is -2.46. The van der Waals surface area contributed by atoms with E-state index in [-0.39, 0.29) is 0 Å². The van der Waals surface area contributed by atoms with E-state index in [1.165, 1.54) is 32.1 Å². The Morgan fingerprint density at radius 1 is 1.23 bits per heavy atom. The minimum atomic E-state index is 0.436. The highest BCUT2D eigenvalue weighted by molar-refractivity contribution is 4.92. The normalized spacial score (nSPS) is 36.9. The first-order valence-electron chi connectivity index (χ1n) is 5.67. The highest BCUT2D eigenvalue weighted by Gasteiger charge is 2.36. The second-order valence-electron chi connectivity index (χ2n) is 4.91. The third-order valence-electron chi connectivity index (χ3n) is 4.00. The van der Waals surface area contributed by atoms with Gasteiger partial charge in [0.15, 0.2) is 0 Å². The van der Waals surface area contributed by atoms with Crippen LogP contribution < -0.4 is 5.73 Å². The molecule has 2 N–H and O–H groups in total. The smallest absolute Gasteiger partial charge is 0.0247 e. The van der Waals surface area contributed by atoms with Crippen molar-refractivity contribution in [1.82, 2.24) is 4.90 Å². The molecule has 0 aromatic rings. The lowest BCUT2D eigenvalue weighted by molar-refractivity contribution is 0.157. The maximum absolute atomic E-state index is 6.10. The van der Waals surface area contributed by atoms with Crippen LogP contribution in [-0.4, -0.2) is 30.1 Å². The van der Waals surface area contributed by atoms with E-state index < -0.39 is 0 Å². The Labute approximate surface area is 81.5 Å². The van der Waals surface area contributed by atoms with Crippen LogP contribution in [0.3, 0.4) is 0 Å². The molecule has 0 radical (unpaired) electrons. The molecule has 0 amide bonds. The highest BCUT2D eigenvalue weighted by Crippen LogP contribution is 2.36. The fraction of sp³-hybridized carbons (Fsp3) is 1.00. The molecule has 2 nitrogen and oxygen atoms in total. The molecule has 2 aliphatic rings. The van der Waals surface area contributed by atoms with Crippen molar-refractivity contribution in [3.63, 3.8) is 0 Å². The maximum Gasteiger partial charge on any atom is 0.0247 e. The van der Waals surface area contributed by atoms with E-state index >= 15 is 0 Å². The summed E-state index contributed by atoms with van der Waals surface area (Å²) in [5.41, 5.74) is 6.10. The van der Waals surface area contributed by atoms with Crippen LogP contribution in [-0.2, 0) is 0 Å². The topological polar surface area (TPSA) is 29.3 Å². The van der Waals surface area contributed by atoms with Gasteiger partial charge in [0.1, 0.15) is 0 Å². The first kappa shape index (κ1) is 9.47. The Kier molecular flexibility index (Phi) is 2.61. The average Bonchev–Trinajstić information content (AvgIpc) is 2.87. The molecular formula is C11H22N2. The van der Waals surface area contributed by atoms with Crippen LogP contribution >= 0.6 is 0 Å². The number of likely N-dealkylation sites (N-methyl/N-ethyl adjacent to an activating group) is 1. The second kappa shape index (κ2) is 3.58.